The number of nitrogens with zero attached hydrogens (tertiary/aromatic N) is 1. The van der Waals surface area contributed by atoms with Crippen LogP contribution in [0.5, 0.6) is 0 Å². The Balaban J connectivity index is 1.78. The van der Waals surface area contributed by atoms with Gasteiger partial charge in [-0.25, -0.2) is 0 Å². The second kappa shape index (κ2) is 7.05. The van der Waals surface area contributed by atoms with Gasteiger partial charge < -0.3 is 15.0 Å². The molecule has 1 atom stereocenters. The fourth-order valence-electron chi connectivity index (χ4n) is 2.19. The monoisotopic (exact) mass is 276 g/mol. The van der Waals surface area contributed by atoms with E-state index in [9.17, 15) is 9.59 Å². The number of carbonyl (C=O) groups excluding carboxylic acids is 2. The lowest BCUT2D eigenvalue weighted by molar-refractivity contribution is -0.145. The fraction of sp³-hybridized carbons (Fsp3) is 0.467. The number of benzene rings is 1. The maximum atomic E-state index is 11.9. The number of nitrogens with one attached hydrogen (secondary N) is 1. The molecule has 5 nitrogen and oxygen atoms in total. The standard InChI is InChI=1S/C15H20N2O3/c1-17(11-12-6-3-2-4-7-12)15(19)14(18)16-10-13-8-5-9-20-13/h2-4,6-7,13H,5,8-11H2,1H3,(H,16,18). The molecular weight excluding hydrogens is 256 g/mol. The number of ether oxygens (including phenoxy) is 1. The van der Waals surface area contributed by atoms with Gasteiger partial charge in [-0.05, 0) is 18.4 Å². The number of rotatable bonds is 4. The molecule has 108 valence electrons. The SMILES string of the molecule is CN(Cc1ccccc1)C(=O)C(=O)NCC1CCCO1. The average molecular weight is 276 g/mol. The molecule has 1 N–H and O–H groups in total. The van der Waals surface area contributed by atoms with Crippen LogP contribution in [0.3, 0.4) is 0 Å². The predicted molar refractivity (Wildman–Crippen MR) is 74.9 cm³/mol. The van der Waals surface area contributed by atoms with E-state index in [4.69, 9.17) is 4.74 Å². The van der Waals surface area contributed by atoms with E-state index in [-0.39, 0.29) is 6.10 Å². The smallest absolute Gasteiger partial charge is 0.311 e. The van der Waals surface area contributed by atoms with Crippen LogP contribution < -0.4 is 5.32 Å². The molecule has 0 spiro atoms. The van der Waals surface area contributed by atoms with Gasteiger partial charge in [-0.15, -0.1) is 0 Å². The molecule has 0 saturated carbocycles. The third-order valence-corrected chi connectivity index (χ3v) is 3.32. The van der Waals surface area contributed by atoms with Gasteiger partial charge in [-0.1, -0.05) is 30.3 Å². The van der Waals surface area contributed by atoms with Crippen LogP contribution in [0.15, 0.2) is 30.3 Å². The van der Waals surface area contributed by atoms with E-state index >= 15 is 0 Å². The zero-order valence-electron chi connectivity index (χ0n) is 11.7. The number of likely N-dealkylation sites (N-methyl/N-ethyl adjacent to an activating group) is 1. The van der Waals surface area contributed by atoms with Gasteiger partial charge in [0.1, 0.15) is 0 Å². The molecule has 1 unspecified atom stereocenters. The highest BCUT2D eigenvalue weighted by atomic mass is 16.5. The first-order valence-electron chi connectivity index (χ1n) is 6.85. The molecule has 2 amide bonds. The molecule has 1 fully saturated rings. The summed E-state index contributed by atoms with van der Waals surface area (Å²) >= 11 is 0. The highest BCUT2D eigenvalue weighted by Gasteiger charge is 2.21. The van der Waals surface area contributed by atoms with E-state index in [0.717, 1.165) is 25.0 Å². The average Bonchev–Trinajstić information content (AvgIpc) is 2.98. The van der Waals surface area contributed by atoms with Gasteiger partial charge in [0.25, 0.3) is 0 Å². The maximum Gasteiger partial charge on any atom is 0.311 e. The number of hydrogen-bond donors (Lipinski definition) is 1. The maximum absolute atomic E-state index is 11.9. The zero-order valence-corrected chi connectivity index (χ0v) is 11.7. The molecule has 5 heteroatoms. The van der Waals surface area contributed by atoms with Crippen LogP contribution in [0.1, 0.15) is 18.4 Å². The lowest BCUT2D eigenvalue weighted by Crippen LogP contribution is -2.43. The Bertz CT molecular complexity index is 455. The molecule has 1 heterocycles. The van der Waals surface area contributed by atoms with E-state index in [0.29, 0.717) is 13.1 Å². The molecule has 1 aliphatic heterocycles. The highest BCUT2D eigenvalue weighted by molar-refractivity contribution is 6.34. The minimum atomic E-state index is -0.570. The van der Waals surface area contributed by atoms with Crippen LogP contribution in [0.2, 0.25) is 0 Å². The van der Waals surface area contributed by atoms with Crippen LogP contribution in [-0.2, 0) is 20.9 Å². The molecule has 0 aliphatic carbocycles. The minimum absolute atomic E-state index is 0.0474. The van der Waals surface area contributed by atoms with Gasteiger partial charge in [-0.2, -0.15) is 0 Å². The van der Waals surface area contributed by atoms with Crippen LogP contribution in [0, 0.1) is 0 Å². The van der Waals surface area contributed by atoms with Crippen molar-refractivity contribution in [3.8, 4) is 0 Å². The van der Waals surface area contributed by atoms with Gasteiger partial charge in [0.2, 0.25) is 0 Å². The fourth-order valence-corrected chi connectivity index (χ4v) is 2.19. The summed E-state index contributed by atoms with van der Waals surface area (Å²) in [5.74, 6) is -1.09. The lowest BCUT2D eigenvalue weighted by atomic mass is 10.2. The third-order valence-electron chi connectivity index (χ3n) is 3.32. The lowest BCUT2D eigenvalue weighted by Gasteiger charge is -2.17. The van der Waals surface area contributed by atoms with Crippen molar-refractivity contribution in [3.63, 3.8) is 0 Å². The van der Waals surface area contributed by atoms with E-state index in [1.165, 1.54) is 4.90 Å². The molecule has 0 aromatic heterocycles. The highest BCUT2D eigenvalue weighted by Crippen LogP contribution is 2.10. The van der Waals surface area contributed by atoms with Crippen LogP contribution in [0.4, 0.5) is 0 Å². The summed E-state index contributed by atoms with van der Waals surface area (Å²) in [4.78, 5) is 25.1. The Morgan fingerprint density at radius 1 is 1.35 bits per heavy atom. The van der Waals surface area contributed by atoms with Crippen molar-refractivity contribution < 1.29 is 14.3 Å². The Hall–Kier alpha value is -1.88. The molecule has 20 heavy (non-hydrogen) atoms. The topological polar surface area (TPSA) is 58.6 Å². The summed E-state index contributed by atoms with van der Waals surface area (Å²) in [6, 6.07) is 9.58. The van der Waals surface area contributed by atoms with Gasteiger partial charge in [0.15, 0.2) is 0 Å². The normalized spacial score (nSPS) is 17.8. The molecule has 0 radical (unpaired) electrons. The number of hydrogen-bond acceptors (Lipinski definition) is 3. The van der Waals surface area contributed by atoms with Crippen molar-refractivity contribution in [3.05, 3.63) is 35.9 Å². The second-order valence-electron chi connectivity index (χ2n) is 4.99. The molecule has 0 bridgehead atoms. The molecule has 1 aliphatic rings. The van der Waals surface area contributed by atoms with E-state index < -0.39 is 11.8 Å². The van der Waals surface area contributed by atoms with E-state index in [1.54, 1.807) is 7.05 Å². The zero-order chi connectivity index (χ0) is 14.4. The summed E-state index contributed by atoms with van der Waals surface area (Å²) in [7, 11) is 1.63. The Kier molecular flexibility index (Phi) is 5.12. The molecule has 2 rings (SSSR count). The number of carbonyl (C=O) groups is 2. The summed E-state index contributed by atoms with van der Waals surface area (Å²) in [5, 5.41) is 2.64. The minimum Gasteiger partial charge on any atom is -0.376 e. The summed E-state index contributed by atoms with van der Waals surface area (Å²) in [5.41, 5.74) is 0.996. The summed E-state index contributed by atoms with van der Waals surface area (Å²) in [6.45, 7) is 1.57. The Morgan fingerprint density at radius 3 is 2.75 bits per heavy atom. The van der Waals surface area contributed by atoms with Crippen LogP contribution in [-0.4, -0.2) is 43.0 Å². The van der Waals surface area contributed by atoms with Gasteiger partial charge >= 0.3 is 11.8 Å². The van der Waals surface area contributed by atoms with Crippen molar-refractivity contribution in [1.29, 1.82) is 0 Å². The van der Waals surface area contributed by atoms with Gasteiger partial charge in [0.05, 0.1) is 6.10 Å². The van der Waals surface area contributed by atoms with E-state index in [1.807, 2.05) is 30.3 Å². The third kappa shape index (κ3) is 4.06. The van der Waals surface area contributed by atoms with Gasteiger partial charge in [-0.3, -0.25) is 9.59 Å². The molecule has 1 aromatic rings. The van der Waals surface area contributed by atoms with Crippen LogP contribution >= 0.6 is 0 Å². The number of amides is 2. The van der Waals surface area contributed by atoms with Crippen molar-refractivity contribution >= 4 is 11.8 Å². The Labute approximate surface area is 118 Å². The largest absolute Gasteiger partial charge is 0.376 e. The first kappa shape index (κ1) is 14.5. The summed E-state index contributed by atoms with van der Waals surface area (Å²) in [6.07, 6.45) is 2.00. The predicted octanol–water partition coefficient (Wildman–Crippen LogP) is 0.940. The van der Waals surface area contributed by atoms with Crippen molar-refractivity contribution in [1.82, 2.24) is 10.2 Å². The van der Waals surface area contributed by atoms with Crippen LogP contribution in [0.25, 0.3) is 0 Å². The van der Waals surface area contributed by atoms with Crippen molar-refractivity contribution in [2.75, 3.05) is 20.2 Å². The second-order valence-corrected chi connectivity index (χ2v) is 4.99. The van der Waals surface area contributed by atoms with Gasteiger partial charge in [0, 0.05) is 26.7 Å². The first-order chi connectivity index (χ1) is 9.66. The van der Waals surface area contributed by atoms with Crippen molar-refractivity contribution in [2.45, 2.75) is 25.5 Å². The molecular formula is C15H20N2O3. The first-order valence-corrected chi connectivity index (χ1v) is 6.85. The molecule has 1 saturated heterocycles. The quantitative estimate of drug-likeness (QED) is 0.833. The van der Waals surface area contributed by atoms with Crippen molar-refractivity contribution in [2.24, 2.45) is 0 Å². The summed E-state index contributed by atoms with van der Waals surface area (Å²) < 4.78 is 5.40. The Morgan fingerprint density at radius 2 is 2.10 bits per heavy atom. The van der Waals surface area contributed by atoms with E-state index in [2.05, 4.69) is 5.32 Å². The molecule has 1 aromatic carbocycles.